The predicted octanol–water partition coefficient (Wildman–Crippen LogP) is 3.87. The van der Waals surface area contributed by atoms with E-state index >= 15 is 0 Å². The van der Waals surface area contributed by atoms with Gasteiger partial charge in [0.2, 0.25) is 0 Å². The van der Waals surface area contributed by atoms with Crippen LogP contribution in [0.4, 0.5) is 11.4 Å². The summed E-state index contributed by atoms with van der Waals surface area (Å²) in [7, 11) is 5.51. The van der Waals surface area contributed by atoms with E-state index in [1.54, 1.807) is 7.11 Å². The van der Waals surface area contributed by atoms with Crippen LogP contribution in [0, 0.1) is 6.92 Å². The molecule has 1 heterocycles. The zero-order valence-corrected chi connectivity index (χ0v) is 14.8. The molecule has 1 aromatic heterocycles. The van der Waals surface area contributed by atoms with Crippen LogP contribution < -0.4 is 15.0 Å². The summed E-state index contributed by atoms with van der Waals surface area (Å²) in [4.78, 5) is 19.3. The number of aryl methyl sites for hydroxylation is 1. The highest BCUT2D eigenvalue weighted by Gasteiger charge is 2.14. The zero-order chi connectivity index (χ0) is 18.0. The Hall–Kier alpha value is -3.08. The number of hydrogen-bond donors (Lipinski definition) is 1. The zero-order valence-electron chi connectivity index (χ0n) is 14.8. The number of para-hydroxylation sites is 2. The number of benzene rings is 2. The van der Waals surface area contributed by atoms with Crippen LogP contribution in [0.5, 0.6) is 5.75 Å². The summed E-state index contributed by atoms with van der Waals surface area (Å²) in [5.74, 6) is 0.562. The first kappa shape index (κ1) is 16.8. The Morgan fingerprint density at radius 2 is 1.88 bits per heavy atom. The second kappa shape index (κ2) is 6.81. The van der Waals surface area contributed by atoms with Gasteiger partial charge in [-0.2, -0.15) is 0 Å². The maximum Gasteiger partial charge on any atom is 0.257 e. The molecule has 0 aliphatic carbocycles. The number of methoxy groups -OCH3 is 1. The van der Waals surface area contributed by atoms with Crippen molar-refractivity contribution < 1.29 is 9.53 Å². The van der Waals surface area contributed by atoms with Crippen LogP contribution >= 0.6 is 0 Å². The standard InChI is InChI=1S/C20H21N3O2/c1-13-16(12-14-11-15(25-4)9-10-17(14)21-13)20(24)22-18-7-5-6-8-19(18)23(2)3/h5-12H,1-4H3,(H,22,24). The van der Waals surface area contributed by atoms with Crippen molar-refractivity contribution in [3.05, 3.63) is 59.8 Å². The largest absolute Gasteiger partial charge is 0.497 e. The molecule has 0 aliphatic rings. The molecular weight excluding hydrogens is 314 g/mol. The molecule has 0 saturated heterocycles. The van der Waals surface area contributed by atoms with Gasteiger partial charge in [-0.3, -0.25) is 9.78 Å². The van der Waals surface area contributed by atoms with Gasteiger partial charge in [-0.05, 0) is 43.3 Å². The van der Waals surface area contributed by atoms with Gasteiger partial charge in [-0.15, -0.1) is 0 Å². The molecule has 0 aliphatic heterocycles. The summed E-state index contributed by atoms with van der Waals surface area (Å²) in [6, 6.07) is 15.2. The Bertz CT molecular complexity index is 935. The average molecular weight is 335 g/mol. The third-order valence-electron chi connectivity index (χ3n) is 4.09. The SMILES string of the molecule is COc1ccc2nc(C)c(C(=O)Nc3ccccc3N(C)C)cc2c1. The van der Waals surface area contributed by atoms with Crippen LogP contribution in [0.15, 0.2) is 48.5 Å². The number of aromatic nitrogens is 1. The van der Waals surface area contributed by atoms with E-state index < -0.39 is 0 Å². The van der Waals surface area contributed by atoms with Crippen LogP contribution in [0.2, 0.25) is 0 Å². The molecule has 0 fully saturated rings. The van der Waals surface area contributed by atoms with E-state index in [0.717, 1.165) is 28.0 Å². The molecule has 128 valence electrons. The van der Waals surface area contributed by atoms with E-state index in [9.17, 15) is 4.79 Å². The van der Waals surface area contributed by atoms with E-state index in [1.165, 1.54) is 0 Å². The third kappa shape index (κ3) is 3.40. The lowest BCUT2D eigenvalue weighted by molar-refractivity contribution is 0.102. The fourth-order valence-corrected chi connectivity index (χ4v) is 2.77. The van der Waals surface area contributed by atoms with Crippen LogP contribution in [0.3, 0.4) is 0 Å². The first-order valence-electron chi connectivity index (χ1n) is 8.02. The van der Waals surface area contributed by atoms with Gasteiger partial charge in [0.1, 0.15) is 5.75 Å². The minimum absolute atomic E-state index is 0.177. The van der Waals surface area contributed by atoms with E-state index in [2.05, 4.69) is 10.3 Å². The van der Waals surface area contributed by atoms with Crippen molar-refractivity contribution in [2.24, 2.45) is 0 Å². The fourth-order valence-electron chi connectivity index (χ4n) is 2.77. The summed E-state index contributed by atoms with van der Waals surface area (Å²) in [6.07, 6.45) is 0. The van der Waals surface area contributed by atoms with Gasteiger partial charge in [0, 0.05) is 19.5 Å². The Labute approximate surface area is 147 Å². The maximum absolute atomic E-state index is 12.8. The summed E-state index contributed by atoms with van der Waals surface area (Å²) in [6.45, 7) is 1.84. The second-order valence-electron chi connectivity index (χ2n) is 6.05. The molecule has 0 unspecified atom stereocenters. The third-order valence-corrected chi connectivity index (χ3v) is 4.09. The van der Waals surface area contributed by atoms with Gasteiger partial charge in [-0.1, -0.05) is 12.1 Å². The number of anilines is 2. The van der Waals surface area contributed by atoms with Crippen LogP contribution in [-0.4, -0.2) is 32.1 Å². The van der Waals surface area contributed by atoms with Gasteiger partial charge in [-0.25, -0.2) is 0 Å². The molecule has 25 heavy (non-hydrogen) atoms. The van der Waals surface area contributed by atoms with E-state index in [-0.39, 0.29) is 5.91 Å². The summed E-state index contributed by atoms with van der Waals surface area (Å²) in [5, 5.41) is 3.86. The van der Waals surface area contributed by atoms with Crippen molar-refractivity contribution >= 4 is 28.2 Å². The Balaban J connectivity index is 1.98. The molecule has 0 bridgehead atoms. The molecule has 0 spiro atoms. The number of ether oxygens (including phenoxy) is 1. The number of nitrogens with one attached hydrogen (secondary N) is 1. The van der Waals surface area contributed by atoms with Crippen molar-refractivity contribution in [1.29, 1.82) is 0 Å². The van der Waals surface area contributed by atoms with E-state index in [1.807, 2.05) is 74.4 Å². The normalized spacial score (nSPS) is 10.6. The highest BCUT2D eigenvalue weighted by molar-refractivity contribution is 6.08. The van der Waals surface area contributed by atoms with Gasteiger partial charge in [0.25, 0.3) is 5.91 Å². The van der Waals surface area contributed by atoms with Crippen LogP contribution in [0.25, 0.3) is 10.9 Å². The molecule has 3 rings (SSSR count). The Morgan fingerprint density at radius 3 is 2.60 bits per heavy atom. The van der Waals surface area contributed by atoms with Crippen molar-refractivity contribution in [3.8, 4) is 5.75 Å². The lowest BCUT2D eigenvalue weighted by Gasteiger charge is -2.18. The first-order chi connectivity index (χ1) is 12.0. The highest BCUT2D eigenvalue weighted by Crippen LogP contribution is 2.26. The van der Waals surface area contributed by atoms with Crippen molar-refractivity contribution in [1.82, 2.24) is 4.98 Å². The Kier molecular flexibility index (Phi) is 4.57. The van der Waals surface area contributed by atoms with Crippen LogP contribution in [-0.2, 0) is 0 Å². The number of fused-ring (bicyclic) bond motifs is 1. The average Bonchev–Trinajstić information content (AvgIpc) is 2.61. The predicted molar refractivity (Wildman–Crippen MR) is 102 cm³/mol. The second-order valence-corrected chi connectivity index (χ2v) is 6.05. The topological polar surface area (TPSA) is 54.5 Å². The van der Waals surface area contributed by atoms with Crippen molar-refractivity contribution in [2.75, 3.05) is 31.4 Å². The van der Waals surface area contributed by atoms with Gasteiger partial charge in [0.15, 0.2) is 0 Å². The molecule has 5 nitrogen and oxygen atoms in total. The molecule has 3 aromatic rings. The lowest BCUT2D eigenvalue weighted by atomic mass is 10.1. The van der Waals surface area contributed by atoms with Gasteiger partial charge in [0.05, 0.1) is 35.3 Å². The lowest BCUT2D eigenvalue weighted by Crippen LogP contribution is -2.17. The fraction of sp³-hybridized carbons (Fsp3) is 0.200. The molecule has 0 atom stereocenters. The summed E-state index contributed by atoms with van der Waals surface area (Å²) in [5.41, 5.74) is 3.79. The molecule has 0 radical (unpaired) electrons. The number of amides is 1. The molecule has 2 aromatic carbocycles. The molecule has 0 saturated carbocycles. The highest BCUT2D eigenvalue weighted by atomic mass is 16.5. The van der Waals surface area contributed by atoms with Gasteiger partial charge < -0.3 is 15.0 Å². The minimum Gasteiger partial charge on any atom is -0.497 e. The summed E-state index contributed by atoms with van der Waals surface area (Å²) >= 11 is 0. The van der Waals surface area contributed by atoms with Crippen molar-refractivity contribution in [3.63, 3.8) is 0 Å². The van der Waals surface area contributed by atoms with Crippen LogP contribution in [0.1, 0.15) is 16.1 Å². The monoisotopic (exact) mass is 335 g/mol. The molecule has 5 heteroatoms. The number of pyridine rings is 1. The van der Waals surface area contributed by atoms with E-state index in [4.69, 9.17) is 4.74 Å². The number of rotatable bonds is 4. The van der Waals surface area contributed by atoms with E-state index in [0.29, 0.717) is 11.3 Å². The minimum atomic E-state index is -0.177. The summed E-state index contributed by atoms with van der Waals surface area (Å²) < 4.78 is 5.26. The number of carbonyl (C=O) groups is 1. The molecule has 1 amide bonds. The first-order valence-corrected chi connectivity index (χ1v) is 8.02. The number of carbonyl (C=O) groups excluding carboxylic acids is 1. The maximum atomic E-state index is 12.8. The number of nitrogens with zero attached hydrogens (tertiary/aromatic N) is 2. The smallest absolute Gasteiger partial charge is 0.257 e. The Morgan fingerprint density at radius 1 is 1.12 bits per heavy atom. The molecule has 1 N–H and O–H groups in total. The number of hydrogen-bond acceptors (Lipinski definition) is 4. The van der Waals surface area contributed by atoms with Crippen molar-refractivity contribution in [2.45, 2.75) is 6.92 Å². The quantitative estimate of drug-likeness (QED) is 0.786. The molecular formula is C20H21N3O2. The van der Waals surface area contributed by atoms with Gasteiger partial charge >= 0.3 is 0 Å².